The van der Waals surface area contributed by atoms with Gasteiger partial charge in [-0.3, -0.25) is 30.3 Å². The maximum Gasteiger partial charge on any atom is 0.332 e. The van der Waals surface area contributed by atoms with E-state index in [0.29, 0.717) is 5.03 Å². The normalized spacial score (nSPS) is 9.66. The van der Waals surface area contributed by atoms with Gasteiger partial charge in [-0.05, 0) is 22.2 Å². The van der Waals surface area contributed by atoms with Crippen LogP contribution in [0.4, 0.5) is 17.1 Å². The first-order valence-corrected chi connectivity index (χ1v) is 11.7. The number of pyridine rings is 3. The molecule has 0 aliphatic carbocycles. The number of halogens is 4. The van der Waals surface area contributed by atoms with E-state index in [1.54, 1.807) is 6.26 Å². The van der Waals surface area contributed by atoms with Crippen molar-refractivity contribution in [3.8, 4) is 5.88 Å². The number of methoxy groups -OCH3 is 1. The minimum Gasteiger partial charge on any atom is -0.476 e. The van der Waals surface area contributed by atoms with Gasteiger partial charge in [0, 0.05) is 30.6 Å². The van der Waals surface area contributed by atoms with Crippen molar-refractivity contribution >= 4 is 79.6 Å². The Kier molecular flexibility index (Phi) is 12.5. The minimum absolute atomic E-state index is 0.0376. The molecule has 18 heteroatoms. The highest BCUT2D eigenvalue weighted by Crippen LogP contribution is 2.28. The molecule has 0 spiro atoms. The first kappa shape index (κ1) is 30.2. The molecule has 186 valence electrons. The van der Waals surface area contributed by atoms with Gasteiger partial charge in [-0.1, -0.05) is 34.8 Å². The van der Waals surface area contributed by atoms with Crippen LogP contribution in [0.25, 0.3) is 0 Å². The van der Waals surface area contributed by atoms with Crippen LogP contribution in [0.3, 0.4) is 0 Å². The van der Waals surface area contributed by atoms with Crippen molar-refractivity contribution < 1.29 is 19.5 Å². The number of rotatable bonds is 5. The number of hydrogen-bond acceptors (Lipinski definition) is 11. The monoisotopic (exact) mass is 628 g/mol. The molecular weight excluding hydrogens is 619 g/mol. The van der Waals surface area contributed by atoms with Crippen molar-refractivity contribution in [3.05, 3.63) is 86.8 Å². The molecule has 0 radical (unpaired) electrons. The number of nitro groups is 3. The molecule has 3 rings (SSSR count). The van der Waals surface area contributed by atoms with Gasteiger partial charge in [0.1, 0.15) is 0 Å². The number of thioether (sulfide) groups is 1. The van der Waals surface area contributed by atoms with Gasteiger partial charge in [-0.15, -0.1) is 11.8 Å². The molecule has 13 nitrogen and oxygen atoms in total. The van der Waals surface area contributed by atoms with Gasteiger partial charge < -0.3 is 4.74 Å². The van der Waals surface area contributed by atoms with Gasteiger partial charge in [0.05, 0.1) is 43.1 Å². The zero-order valence-corrected chi connectivity index (χ0v) is 22.1. The lowest BCUT2D eigenvalue weighted by Crippen LogP contribution is -1.95. The summed E-state index contributed by atoms with van der Waals surface area (Å²) in [6.45, 7) is 0. The molecule has 3 aromatic rings. The molecule has 0 aliphatic rings. The molecular formula is C17H12BrCl3N6O7S. The van der Waals surface area contributed by atoms with E-state index in [9.17, 15) is 30.3 Å². The van der Waals surface area contributed by atoms with Gasteiger partial charge in [0.15, 0.2) is 9.63 Å². The van der Waals surface area contributed by atoms with E-state index < -0.39 is 14.8 Å². The number of hydrogen-bond donors (Lipinski definition) is 0. The van der Waals surface area contributed by atoms with Crippen LogP contribution in [0.5, 0.6) is 5.88 Å². The Morgan fingerprint density at radius 1 is 0.800 bits per heavy atom. The molecule has 0 aliphatic heterocycles. The van der Waals surface area contributed by atoms with Gasteiger partial charge >= 0.3 is 17.1 Å². The first-order valence-electron chi connectivity index (χ1n) is 8.54. The SMILES string of the molecule is COc1ncc(Cl)cc1[N+](=O)[O-].CSc1ncc(Cl)cc1[N+](=O)[O-].O=[N+]([O-])c1cc(Cl)cnc1Br. The average molecular weight is 631 g/mol. The second-order valence-corrected chi connectivity index (χ2v) is 8.45. The van der Waals surface area contributed by atoms with Crippen molar-refractivity contribution in [1.82, 2.24) is 15.0 Å². The lowest BCUT2D eigenvalue weighted by Gasteiger charge is -1.98. The molecule has 0 saturated heterocycles. The number of aromatic nitrogens is 3. The zero-order valence-electron chi connectivity index (χ0n) is 17.4. The van der Waals surface area contributed by atoms with Crippen molar-refractivity contribution in [1.29, 1.82) is 0 Å². The molecule has 0 unspecified atom stereocenters. The Labute approximate surface area is 224 Å². The molecule has 0 aromatic carbocycles. The van der Waals surface area contributed by atoms with E-state index in [2.05, 4.69) is 35.6 Å². The van der Waals surface area contributed by atoms with Crippen LogP contribution in [-0.4, -0.2) is 43.1 Å². The summed E-state index contributed by atoms with van der Waals surface area (Å²) in [6, 6.07) is 3.71. The summed E-state index contributed by atoms with van der Waals surface area (Å²) in [4.78, 5) is 40.5. The van der Waals surface area contributed by atoms with Crippen molar-refractivity contribution in [2.45, 2.75) is 5.03 Å². The summed E-state index contributed by atoms with van der Waals surface area (Å²) >= 11 is 20.7. The van der Waals surface area contributed by atoms with Crippen LogP contribution in [0.2, 0.25) is 15.1 Å². The smallest absolute Gasteiger partial charge is 0.332 e. The minimum atomic E-state index is -0.599. The van der Waals surface area contributed by atoms with Crippen LogP contribution in [0, 0.1) is 30.3 Å². The maximum absolute atomic E-state index is 10.4. The molecule has 3 aromatic heterocycles. The maximum atomic E-state index is 10.4. The summed E-state index contributed by atoms with van der Waals surface area (Å²) in [5.74, 6) is -0.0376. The van der Waals surface area contributed by atoms with Crippen LogP contribution in [0.1, 0.15) is 0 Å². The molecule has 0 amide bonds. The van der Waals surface area contributed by atoms with Gasteiger partial charge in [0.2, 0.25) is 0 Å². The third-order valence-corrected chi connectivity index (χ3v) is 5.29. The van der Waals surface area contributed by atoms with Crippen molar-refractivity contribution in [2.75, 3.05) is 13.4 Å². The highest BCUT2D eigenvalue weighted by atomic mass is 79.9. The second-order valence-electron chi connectivity index (χ2n) is 5.60. The van der Waals surface area contributed by atoms with Crippen LogP contribution in [0.15, 0.2) is 46.4 Å². The van der Waals surface area contributed by atoms with Gasteiger partial charge in [-0.2, -0.15) is 0 Å². The lowest BCUT2D eigenvalue weighted by molar-refractivity contribution is -0.388. The van der Waals surface area contributed by atoms with E-state index >= 15 is 0 Å². The Morgan fingerprint density at radius 2 is 1.23 bits per heavy atom. The highest BCUT2D eigenvalue weighted by molar-refractivity contribution is 9.10. The fraction of sp³-hybridized carbons (Fsp3) is 0.118. The fourth-order valence-electron chi connectivity index (χ4n) is 1.95. The summed E-state index contributed by atoms with van der Waals surface area (Å²) in [7, 11) is 1.31. The molecule has 0 fully saturated rings. The van der Waals surface area contributed by atoms with Crippen LogP contribution < -0.4 is 4.74 Å². The largest absolute Gasteiger partial charge is 0.476 e. The number of nitrogens with zero attached hydrogens (tertiary/aromatic N) is 6. The summed E-state index contributed by atoms with van der Waals surface area (Å²) in [5.41, 5.74) is -0.405. The van der Waals surface area contributed by atoms with Gasteiger partial charge in [0.25, 0.3) is 5.88 Å². The van der Waals surface area contributed by atoms with E-state index in [4.69, 9.17) is 34.8 Å². The van der Waals surface area contributed by atoms with E-state index in [1.807, 2.05) is 0 Å². The average Bonchev–Trinajstić information content (AvgIpc) is 2.81. The van der Waals surface area contributed by atoms with E-state index in [0.717, 1.165) is 0 Å². The molecule has 3 heterocycles. The number of ether oxygens (including phenoxy) is 1. The Morgan fingerprint density at radius 3 is 1.66 bits per heavy atom. The summed E-state index contributed by atoms with van der Waals surface area (Å²) in [6.07, 6.45) is 5.73. The fourth-order valence-corrected chi connectivity index (χ4v) is 3.27. The molecule has 0 saturated carbocycles. The van der Waals surface area contributed by atoms with E-state index in [-0.39, 0.29) is 42.6 Å². The molecule has 0 bridgehead atoms. The van der Waals surface area contributed by atoms with Crippen LogP contribution in [-0.2, 0) is 0 Å². The first-order chi connectivity index (χ1) is 16.4. The highest BCUT2D eigenvalue weighted by Gasteiger charge is 2.16. The topological polar surface area (TPSA) is 177 Å². The van der Waals surface area contributed by atoms with Crippen LogP contribution >= 0.6 is 62.5 Å². The Balaban J connectivity index is 0.000000263. The standard InChI is InChI=1S/C6H5ClN2O3.C6H5ClN2O2S.C5H2BrClN2O2/c2*1-12-6-5(9(10)11)2-4(7)3-8-6;6-5-4(9(10)11)1-3(7)2-8-5/h2*2-3H,1H3;1-2H. The van der Waals surface area contributed by atoms with E-state index in [1.165, 1.54) is 55.7 Å². The summed E-state index contributed by atoms with van der Waals surface area (Å²) in [5, 5.41) is 32.2. The quantitative estimate of drug-likeness (QED) is 0.131. The predicted octanol–water partition coefficient (Wildman–Crippen LogP) is 6.42. The third-order valence-electron chi connectivity index (χ3n) is 3.36. The second kappa shape index (κ2) is 14.5. The zero-order chi connectivity index (χ0) is 26.7. The molecule has 0 atom stereocenters. The molecule has 35 heavy (non-hydrogen) atoms. The summed E-state index contributed by atoms with van der Waals surface area (Å²) < 4.78 is 4.84. The molecule has 0 N–H and O–H groups in total. The third kappa shape index (κ3) is 9.73. The Hall–Kier alpha value is -2.85. The van der Waals surface area contributed by atoms with Gasteiger partial charge in [-0.25, -0.2) is 15.0 Å². The van der Waals surface area contributed by atoms with Crippen molar-refractivity contribution in [2.24, 2.45) is 0 Å². The lowest BCUT2D eigenvalue weighted by atomic mass is 10.4. The Bertz CT molecular complexity index is 1180. The predicted molar refractivity (Wildman–Crippen MR) is 134 cm³/mol. The van der Waals surface area contributed by atoms with Crippen molar-refractivity contribution in [3.63, 3.8) is 0 Å².